The number of carbonyl (C=O) groups excluding carboxylic acids is 1. The number of anilines is 1. The molecule has 0 saturated carbocycles. The Hall–Kier alpha value is -1.51. The Morgan fingerprint density at radius 1 is 1.33 bits per heavy atom. The van der Waals surface area contributed by atoms with Crippen molar-refractivity contribution in [3.8, 4) is 0 Å². The summed E-state index contributed by atoms with van der Waals surface area (Å²) in [5.74, 6) is -0.00901. The Kier molecular flexibility index (Phi) is 5.75. The fourth-order valence-corrected chi connectivity index (χ4v) is 4.97. The van der Waals surface area contributed by atoms with Crippen molar-refractivity contribution in [3.05, 3.63) is 57.2 Å². The molecule has 140 valence electrons. The molecule has 1 amide bonds. The Labute approximate surface area is 176 Å². The number of aromatic nitrogens is 1. The molecule has 6 heteroatoms. The van der Waals surface area contributed by atoms with Gasteiger partial charge in [0.05, 0.1) is 28.4 Å². The first-order valence-electron chi connectivity index (χ1n) is 9.23. The van der Waals surface area contributed by atoms with E-state index in [1.54, 1.807) is 11.3 Å². The van der Waals surface area contributed by atoms with Crippen LogP contribution in [-0.2, 0) is 11.2 Å². The molecule has 4 rings (SSSR count). The fraction of sp³-hybridized carbons (Fsp3) is 0.333. The highest BCUT2D eigenvalue weighted by Gasteiger charge is 2.27. The number of amides is 1. The molecule has 1 aliphatic heterocycles. The van der Waals surface area contributed by atoms with E-state index in [0.29, 0.717) is 12.1 Å². The van der Waals surface area contributed by atoms with Crippen molar-refractivity contribution in [2.75, 3.05) is 18.1 Å². The second-order valence-corrected chi connectivity index (χ2v) is 8.85. The van der Waals surface area contributed by atoms with Crippen LogP contribution in [0.1, 0.15) is 35.7 Å². The zero-order chi connectivity index (χ0) is 18.8. The molecule has 0 bridgehead atoms. The van der Waals surface area contributed by atoms with Crippen LogP contribution in [0.4, 0.5) is 5.13 Å². The van der Waals surface area contributed by atoms with Crippen LogP contribution in [0, 0.1) is 3.57 Å². The molecular weight excluding hydrogens is 471 g/mol. The van der Waals surface area contributed by atoms with Gasteiger partial charge in [0.2, 0.25) is 0 Å². The lowest BCUT2D eigenvalue weighted by atomic mass is 10.1. The summed E-state index contributed by atoms with van der Waals surface area (Å²) in [6.45, 7) is 3.47. The van der Waals surface area contributed by atoms with Crippen molar-refractivity contribution in [3.63, 3.8) is 0 Å². The highest BCUT2D eigenvalue weighted by atomic mass is 127. The van der Waals surface area contributed by atoms with Gasteiger partial charge in [-0.3, -0.25) is 9.69 Å². The summed E-state index contributed by atoms with van der Waals surface area (Å²) >= 11 is 3.80. The van der Waals surface area contributed by atoms with Crippen LogP contribution in [0.3, 0.4) is 0 Å². The van der Waals surface area contributed by atoms with Crippen molar-refractivity contribution in [2.45, 2.75) is 32.3 Å². The molecule has 1 aliphatic rings. The maximum Gasteiger partial charge on any atom is 0.261 e. The van der Waals surface area contributed by atoms with E-state index >= 15 is 0 Å². The van der Waals surface area contributed by atoms with E-state index in [4.69, 9.17) is 9.72 Å². The van der Waals surface area contributed by atoms with Crippen LogP contribution in [0.25, 0.3) is 10.2 Å². The molecule has 1 atom stereocenters. The highest BCUT2D eigenvalue weighted by molar-refractivity contribution is 14.1. The van der Waals surface area contributed by atoms with E-state index in [0.717, 1.165) is 44.8 Å². The van der Waals surface area contributed by atoms with Gasteiger partial charge in [-0.2, -0.15) is 0 Å². The normalized spacial score (nSPS) is 16.7. The second kappa shape index (κ2) is 8.24. The summed E-state index contributed by atoms with van der Waals surface area (Å²) in [6.07, 6.45) is 3.10. The van der Waals surface area contributed by atoms with Crippen molar-refractivity contribution in [1.82, 2.24) is 4.98 Å². The number of halogens is 1. The van der Waals surface area contributed by atoms with Gasteiger partial charge in [-0.05, 0) is 71.7 Å². The highest BCUT2D eigenvalue weighted by Crippen LogP contribution is 2.32. The molecule has 4 nitrogen and oxygen atoms in total. The molecule has 0 N–H and O–H groups in total. The minimum Gasteiger partial charge on any atom is -0.376 e. The van der Waals surface area contributed by atoms with E-state index in [1.807, 2.05) is 29.2 Å². The van der Waals surface area contributed by atoms with Gasteiger partial charge >= 0.3 is 0 Å². The predicted molar refractivity (Wildman–Crippen MR) is 119 cm³/mol. The number of hydrogen-bond acceptors (Lipinski definition) is 4. The summed E-state index contributed by atoms with van der Waals surface area (Å²) in [4.78, 5) is 20.0. The van der Waals surface area contributed by atoms with Gasteiger partial charge in [-0.25, -0.2) is 4.98 Å². The third-order valence-corrected chi connectivity index (χ3v) is 6.82. The second-order valence-electron chi connectivity index (χ2n) is 6.68. The lowest BCUT2D eigenvalue weighted by molar-refractivity contribution is 0.0916. The smallest absolute Gasteiger partial charge is 0.261 e. The first kappa shape index (κ1) is 18.8. The number of aryl methyl sites for hydroxylation is 1. The van der Waals surface area contributed by atoms with Crippen LogP contribution < -0.4 is 4.90 Å². The Morgan fingerprint density at radius 2 is 2.19 bits per heavy atom. The summed E-state index contributed by atoms with van der Waals surface area (Å²) in [6, 6.07) is 14.0. The van der Waals surface area contributed by atoms with Crippen LogP contribution in [0.15, 0.2) is 42.5 Å². The van der Waals surface area contributed by atoms with Crippen LogP contribution in [-0.4, -0.2) is 30.1 Å². The molecule has 1 fully saturated rings. The van der Waals surface area contributed by atoms with Crippen LogP contribution in [0.2, 0.25) is 0 Å². The lowest BCUT2D eigenvalue weighted by Gasteiger charge is -2.23. The predicted octanol–water partition coefficient (Wildman–Crippen LogP) is 5.29. The SMILES string of the molecule is CCc1ccc2nc(N(CC3CCCO3)C(=O)c3ccccc3I)sc2c1. The number of nitrogens with zero attached hydrogens (tertiary/aromatic N) is 2. The molecule has 0 radical (unpaired) electrons. The number of benzene rings is 2. The molecule has 0 aliphatic carbocycles. The minimum absolute atomic E-state index is 0.00901. The molecule has 1 aromatic heterocycles. The number of carbonyl (C=O) groups is 1. The topological polar surface area (TPSA) is 42.4 Å². The van der Waals surface area contributed by atoms with Gasteiger partial charge in [-0.1, -0.05) is 36.5 Å². The van der Waals surface area contributed by atoms with Gasteiger partial charge in [-0.15, -0.1) is 0 Å². The largest absolute Gasteiger partial charge is 0.376 e. The summed E-state index contributed by atoms with van der Waals surface area (Å²) in [7, 11) is 0. The molecule has 27 heavy (non-hydrogen) atoms. The molecule has 1 unspecified atom stereocenters. The van der Waals surface area contributed by atoms with E-state index in [1.165, 1.54) is 5.56 Å². The zero-order valence-corrected chi connectivity index (χ0v) is 18.1. The molecule has 0 spiro atoms. The maximum atomic E-state index is 13.4. The summed E-state index contributed by atoms with van der Waals surface area (Å²) < 4.78 is 7.89. The van der Waals surface area contributed by atoms with Crippen molar-refractivity contribution < 1.29 is 9.53 Å². The van der Waals surface area contributed by atoms with Crippen molar-refractivity contribution in [2.24, 2.45) is 0 Å². The molecule has 3 aromatic rings. The number of thiazole rings is 1. The molecular formula is C21H21IN2O2S. The first-order chi connectivity index (χ1) is 13.2. The van der Waals surface area contributed by atoms with Crippen LogP contribution in [0.5, 0.6) is 0 Å². The fourth-order valence-electron chi connectivity index (χ4n) is 3.31. The summed E-state index contributed by atoms with van der Waals surface area (Å²) in [5, 5.41) is 0.749. The van der Waals surface area contributed by atoms with E-state index < -0.39 is 0 Å². The van der Waals surface area contributed by atoms with E-state index in [2.05, 4.69) is 47.7 Å². The van der Waals surface area contributed by atoms with Gasteiger partial charge in [0.15, 0.2) is 5.13 Å². The van der Waals surface area contributed by atoms with Gasteiger partial charge < -0.3 is 4.74 Å². The summed E-state index contributed by atoms with van der Waals surface area (Å²) in [5.41, 5.74) is 2.94. The van der Waals surface area contributed by atoms with Gasteiger partial charge in [0.25, 0.3) is 5.91 Å². The maximum absolute atomic E-state index is 13.4. The molecule has 2 aromatic carbocycles. The van der Waals surface area contributed by atoms with Gasteiger partial charge in [0.1, 0.15) is 0 Å². The number of ether oxygens (including phenoxy) is 1. The monoisotopic (exact) mass is 492 g/mol. The van der Waals surface area contributed by atoms with Crippen molar-refractivity contribution >= 4 is 55.2 Å². The quantitative estimate of drug-likeness (QED) is 0.455. The number of hydrogen-bond donors (Lipinski definition) is 0. The Morgan fingerprint density at radius 3 is 2.93 bits per heavy atom. The minimum atomic E-state index is -0.00901. The van der Waals surface area contributed by atoms with E-state index in [-0.39, 0.29) is 12.0 Å². The van der Waals surface area contributed by atoms with Gasteiger partial charge in [0, 0.05) is 10.2 Å². The van der Waals surface area contributed by atoms with Crippen molar-refractivity contribution in [1.29, 1.82) is 0 Å². The average molecular weight is 492 g/mol. The number of fused-ring (bicyclic) bond motifs is 1. The third-order valence-electron chi connectivity index (χ3n) is 4.84. The lowest BCUT2D eigenvalue weighted by Crippen LogP contribution is -2.37. The first-order valence-corrected chi connectivity index (χ1v) is 11.1. The zero-order valence-electron chi connectivity index (χ0n) is 15.2. The average Bonchev–Trinajstić information content (AvgIpc) is 3.34. The Bertz CT molecular complexity index is 966. The molecule has 1 saturated heterocycles. The van der Waals surface area contributed by atoms with E-state index in [9.17, 15) is 4.79 Å². The third kappa shape index (κ3) is 4.02. The molecule has 2 heterocycles. The number of rotatable bonds is 5. The van der Waals surface area contributed by atoms with Crippen LogP contribution >= 0.6 is 33.9 Å². The standard InChI is InChI=1S/C21H21IN2O2S/c1-2-14-9-10-18-19(12-14)27-21(23-18)24(13-15-6-5-11-26-15)20(25)16-7-3-4-8-17(16)22/h3-4,7-10,12,15H,2,5-6,11,13H2,1H3. The Balaban J connectivity index is 1.73.